The van der Waals surface area contributed by atoms with Crippen LogP contribution in [0.15, 0.2) is 21.5 Å². The van der Waals surface area contributed by atoms with Crippen molar-refractivity contribution in [3.05, 3.63) is 28.3 Å². The maximum atomic E-state index is 11.6. The van der Waals surface area contributed by atoms with E-state index in [-0.39, 0.29) is 16.6 Å². The van der Waals surface area contributed by atoms with Gasteiger partial charge in [0.2, 0.25) is 5.43 Å². The van der Waals surface area contributed by atoms with Gasteiger partial charge in [-0.3, -0.25) is 9.69 Å². The van der Waals surface area contributed by atoms with Gasteiger partial charge in [-0.1, -0.05) is 19.3 Å². The molecule has 1 aromatic heterocycles. The van der Waals surface area contributed by atoms with Crippen LogP contribution >= 0.6 is 0 Å². The zero-order valence-electron chi connectivity index (χ0n) is 14.1. The Labute approximate surface area is 137 Å². The molecular formula is C18H27NO4. The van der Waals surface area contributed by atoms with Gasteiger partial charge in [-0.15, -0.1) is 0 Å². The van der Waals surface area contributed by atoms with E-state index in [0.29, 0.717) is 24.5 Å². The molecule has 1 heterocycles. The topological polar surface area (TPSA) is 62.9 Å². The second kappa shape index (κ2) is 6.65. The Morgan fingerprint density at radius 3 is 2.78 bits per heavy atom. The fraction of sp³-hybridized carbons (Fsp3) is 0.722. The first-order valence-electron chi connectivity index (χ1n) is 8.69. The largest absolute Gasteiger partial charge is 0.502 e. The number of ether oxygens (including phenoxy) is 1. The average Bonchev–Trinajstić information content (AvgIpc) is 2.55. The molecular weight excluding hydrogens is 294 g/mol. The molecule has 128 valence electrons. The van der Waals surface area contributed by atoms with E-state index in [0.717, 1.165) is 19.3 Å². The first-order chi connectivity index (χ1) is 11.1. The van der Waals surface area contributed by atoms with Crippen LogP contribution in [0.4, 0.5) is 0 Å². The SMILES string of the molecule is CCO[C@H]1C[C@H](N(C)Cc2cc(=O)c(O)co2)C12CCCCC2. The number of hydrogen-bond acceptors (Lipinski definition) is 5. The van der Waals surface area contributed by atoms with Gasteiger partial charge in [-0.25, -0.2) is 0 Å². The molecule has 5 nitrogen and oxygen atoms in total. The van der Waals surface area contributed by atoms with Crippen molar-refractivity contribution in [2.24, 2.45) is 5.41 Å². The highest BCUT2D eigenvalue weighted by atomic mass is 16.5. The molecule has 0 radical (unpaired) electrons. The van der Waals surface area contributed by atoms with E-state index in [4.69, 9.17) is 9.15 Å². The van der Waals surface area contributed by atoms with Gasteiger partial charge < -0.3 is 14.3 Å². The minimum Gasteiger partial charge on any atom is -0.502 e. The Kier molecular flexibility index (Phi) is 4.78. The van der Waals surface area contributed by atoms with E-state index in [1.54, 1.807) is 0 Å². The molecule has 1 spiro atoms. The van der Waals surface area contributed by atoms with Gasteiger partial charge in [0.15, 0.2) is 5.75 Å². The maximum absolute atomic E-state index is 11.6. The van der Waals surface area contributed by atoms with E-state index in [9.17, 15) is 9.90 Å². The van der Waals surface area contributed by atoms with Crippen LogP contribution in [0.1, 0.15) is 51.2 Å². The first-order valence-corrected chi connectivity index (χ1v) is 8.69. The summed E-state index contributed by atoms with van der Waals surface area (Å²) in [4.78, 5) is 13.8. The van der Waals surface area contributed by atoms with E-state index < -0.39 is 0 Å². The molecule has 2 saturated carbocycles. The standard InChI is InChI=1S/C18H27NO4/c1-3-22-17-10-16(18(17)7-5-4-6-8-18)19(2)11-13-9-14(20)15(21)12-23-13/h9,12,16-17,21H,3-8,10-11H2,1-2H3/t16-,17-/m0/s1. The maximum Gasteiger partial charge on any atom is 0.226 e. The lowest BCUT2D eigenvalue weighted by Gasteiger charge is -2.60. The van der Waals surface area contributed by atoms with E-state index in [1.165, 1.54) is 38.2 Å². The molecule has 0 unspecified atom stereocenters. The molecule has 0 bridgehead atoms. The third-order valence-corrected chi connectivity index (χ3v) is 5.70. The van der Waals surface area contributed by atoms with Gasteiger partial charge >= 0.3 is 0 Å². The Morgan fingerprint density at radius 1 is 1.39 bits per heavy atom. The van der Waals surface area contributed by atoms with Crippen LogP contribution < -0.4 is 5.43 Å². The third kappa shape index (κ3) is 3.04. The highest BCUT2D eigenvalue weighted by molar-refractivity contribution is 5.16. The van der Waals surface area contributed by atoms with Crippen molar-refractivity contribution in [2.45, 2.75) is 64.1 Å². The van der Waals surface area contributed by atoms with Crippen molar-refractivity contribution in [3.63, 3.8) is 0 Å². The fourth-order valence-electron chi connectivity index (χ4n) is 4.53. The second-order valence-electron chi connectivity index (χ2n) is 7.00. The highest BCUT2D eigenvalue weighted by Gasteiger charge is 2.56. The molecule has 0 aromatic carbocycles. The molecule has 2 aliphatic carbocycles. The van der Waals surface area contributed by atoms with E-state index in [2.05, 4.69) is 18.9 Å². The molecule has 2 aliphatic rings. The van der Waals surface area contributed by atoms with Gasteiger partial charge in [0.25, 0.3) is 0 Å². The zero-order chi connectivity index (χ0) is 16.4. The molecule has 23 heavy (non-hydrogen) atoms. The summed E-state index contributed by atoms with van der Waals surface area (Å²) in [6, 6.07) is 1.86. The van der Waals surface area contributed by atoms with Crippen molar-refractivity contribution >= 4 is 0 Å². The average molecular weight is 321 g/mol. The monoisotopic (exact) mass is 321 g/mol. The number of nitrogens with zero attached hydrogens (tertiary/aromatic N) is 1. The summed E-state index contributed by atoms with van der Waals surface area (Å²) in [5.41, 5.74) is -0.118. The molecule has 0 saturated heterocycles. The van der Waals surface area contributed by atoms with Crippen molar-refractivity contribution in [3.8, 4) is 5.75 Å². The normalized spacial score (nSPS) is 26.4. The molecule has 1 N–H and O–H groups in total. The Balaban J connectivity index is 1.72. The summed E-state index contributed by atoms with van der Waals surface area (Å²) < 4.78 is 11.4. The van der Waals surface area contributed by atoms with Crippen LogP contribution in [0, 0.1) is 5.41 Å². The summed E-state index contributed by atoms with van der Waals surface area (Å²) in [5, 5.41) is 9.30. The number of hydrogen-bond donors (Lipinski definition) is 1. The Morgan fingerprint density at radius 2 is 2.13 bits per heavy atom. The number of rotatable bonds is 5. The van der Waals surface area contributed by atoms with E-state index in [1.807, 2.05) is 0 Å². The van der Waals surface area contributed by atoms with Crippen LogP contribution in [0.25, 0.3) is 0 Å². The van der Waals surface area contributed by atoms with Gasteiger partial charge in [0.05, 0.1) is 12.6 Å². The van der Waals surface area contributed by atoms with Crippen molar-refractivity contribution < 1.29 is 14.3 Å². The molecule has 5 heteroatoms. The molecule has 2 atom stereocenters. The Bertz CT molecular complexity index is 591. The highest BCUT2D eigenvalue weighted by Crippen LogP contribution is 2.55. The summed E-state index contributed by atoms with van der Waals surface area (Å²) in [5.74, 6) is 0.265. The molecule has 0 amide bonds. The first kappa shape index (κ1) is 16.5. The van der Waals surface area contributed by atoms with E-state index >= 15 is 0 Å². The summed E-state index contributed by atoms with van der Waals surface area (Å²) in [6.45, 7) is 3.43. The molecule has 1 aromatic rings. The van der Waals surface area contributed by atoms with Crippen LogP contribution in [-0.4, -0.2) is 35.8 Å². The lowest BCUT2D eigenvalue weighted by molar-refractivity contribution is -0.180. The molecule has 3 rings (SSSR count). The van der Waals surface area contributed by atoms with Crippen LogP contribution in [0.5, 0.6) is 5.75 Å². The van der Waals surface area contributed by atoms with Crippen LogP contribution in [-0.2, 0) is 11.3 Å². The van der Waals surface area contributed by atoms with Gasteiger partial charge in [-0.05, 0) is 33.2 Å². The van der Waals surface area contributed by atoms with Crippen LogP contribution in [0.2, 0.25) is 0 Å². The fourth-order valence-corrected chi connectivity index (χ4v) is 4.53. The van der Waals surface area contributed by atoms with Gasteiger partial charge in [0.1, 0.15) is 12.0 Å². The van der Waals surface area contributed by atoms with Gasteiger partial charge in [0, 0.05) is 24.1 Å². The van der Waals surface area contributed by atoms with Crippen molar-refractivity contribution in [2.75, 3.05) is 13.7 Å². The van der Waals surface area contributed by atoms with Crippen molar-refractivity contribution in [1.29, 1.82) is 0 Å². The van der Waals surface area contributed by atoms with Crippen molar-refractivity contribution in [1.82, 2.24) is 4.90 Å². The summed E-state index contributed by atoms with van der Waals surface area (Å²) in [6.07, 6.45) is 8.89. The lowest BCUT2D eigenvalue weighted by Crippen LogP contribution is -2.64. The zero-order valence-corrected chi connectivity index (χ0v) is 14.1. The predicted octanol–water partition coefficient (Wildman–Crippen LogP) is 2.91. The smallest absolute Gasteiger partial charge is 0.226 e. The minimum atomic E-state index is -0.382. The Hall–Kier alpha value is -1.33. The summed E-state index contributed by atoms with van der Waals surface area (Å²) in [7, 11) is 2.09. The molecule has 2 fully saturated rings. The van der Waals surface area contributed by atoms with Crippen LogP contribution in [0.3, 0.4) is 0 Å². The molecule has 0 aliphatic heterocycles. The predicted molar refractivity (Wildman–Crippen MR) is 87.4 cm³/mol. The lowest BCUT2D eigenvalue weighted by atomic mass is 9.54. The summed E-state index contributed by atoms with van der Waals surface area (Å²) >= 11 is 0. The third-order valence-electron chi connectivity index (χ3n) is 5.70. The second-order valence-corrected chi connectivity index (χ2v) is 7.00. The minimum absolute atomic E-state index is 0.264. The number of aromatic hydroxyl groups is 1. The quantitative estimate of drug-likeness (QED) is 0.903. The van der Waals surface area contributed by atoms with Gasteiger partial charge in [-0.2, -0.15) is 0 Å².